The number of aryl methyl sites for hydroxylation is 1. The summed E-state index contributed by atoms with van der Waals surface area (Å²) in [6.45, 7) is 0.236. The van der Waals surface area contributed by atoms with Crippen molar-refractivity contribution in [1.82, 2.24) is 19.8 Å². The van der Waals surface area contributed by atoms with Gasteiger partial charge in [0.05, 0.1) is 12.1 Å². The molecule has 1 aromatic carbocycles. The molecule has 0 saturated carbocycles. The third-order valence-electron chi connectivity index (χ3n) is 4.94. The summed E-state index contributed by atoms with van der Waals surface area (Å²) >= 11 is 0. The molecule has 0 bridgehead atoms. The van der Waals surface area contributed by atoms with Gasteiger partial charge in [-0.1, -0.05) is 6.07 Å². The molecule has 3 N–H and O–H groups in total. The Morgan fingerprint density at radius 2 is 2.00 bits per heavy atom. The van der Waals surface area contributed by atoms with Gasteiger partial charge >= 0.3 is 0 Å². The van der Waals surface area contributed by atoms with Gasteiger partial charge in [0.1, 0.15) is 16.9 Å². The van der Waals surface area contributed by atoms with Crippen molar-refractivity contribution in [2.45, 2.75) is 13.0 Å². The van der Waals surface area contributed by atoms with Crippen LogP contribution in [0.3, 0.4) is 0 Å². The van der Waals surface area contributed by atoms with Crippen LogP contribution >= 0.6 is 0 Å². The predicted molar refractivity (Wildman–Crippen MR) is 115 cm³/mol. The Bertz CT molecular complexity index is 1190. The Morgan fingerprint density at radius 1 is 1.26 bits per heavy atom. The summed E-state index contributed by atoms with van der Waals surface area (Å²) in [5.41, 5.74) is 1.93. The van der Waals surface area contributed by atoms with E-state index in [4.69, 9.17) is 5.11 Å². The molecule has 31 heavy (non-hydrogen) atoms. The van der Waals surface area contributed by atoms with Crippen LogP contribution in [0.1, 0.15) is 27.0 Å². The van der Waals surface area contributed by atoms with Gasteiger partial charge in [-0.15, -0.1) is 0 Å². The smallest absolute Gasteiger partial charge is 0.267 e. The molecule has 0 aliphatic carbocycles. The van der Waals surface area contributed by atoms with Gasteiger partial charge in [0.25, 0.3) is 11.5 Å². The van der Waals surface area contributed by atoms with E-state index in [1.165, 1.54) is 23.7 Å². The van der Waals surface area contributed by atoms with Crippen LogP contribution in [0.4, 0.5) is 4.39 Å². The predicted octanol–water partition coefficient (Wildman–Crippen LogP) is 1.15. The Morgan fingerprint density at radius 3 is 2.68 bits per heavy atom. The quantitative estimate of drug-likeness (QED) is 0.521. The van der Waals surface area contributed by atoms with Gasteiger partial charge in [-0.25, -0.2) is 4.39 Å². The molecular formula is C22H25FN4O4. The topological polar surface area (TPSA) is 108 Å². The number of carbonyl (C=O) groups excluding carboxylic acids is 1. The van der Waals surface area contributed by atoms with Crippen LogP contribution in [-0.4, -0.2) is 57.8 Å². The first kappa shape index (κ1) is 22.4. The Hall–Kier alpha value is -3.30. The summed E-state index contributed by atoms with van der Waals surface area (Å²) in [6.07, 6.45) is 2.02. The number of carbonyl (C=O) groups is 1. The first-order chi connectivity index (χ1) is 14.7. The molecule has 0 unspecified atom stereocenters. The van der Waals surface area contributed by atoms with E-state index in [-0.39, 0.29) is 24.5 Å². The summed E-state index contributed by atoms with van der Waals surface area (Å²) in [7, 11) is 5.30. The molecule has 3 aromatic rings. The van der Waals surface area contributed by atoms with Crippen LogP contribution < -0.4 is 10.9 Å². The lowest BCUT2D eigenvalue weighted by Gasteiger charge is -2.15. The molecule has 2 aromatic heterocycles. The number of aromatic hydroxyl groups is 1. The number of aromatic nitrogens is 2. The molecule has 0 radical (unpaired) electrons. The van der Waals surface area contributed by atoms with Gasteiger partial charge in [0, 0.05) is 26.3 Å². The van der Waals surface area contributed by atoms with Gasteiger partial charge < -0.3 is 25.0 Å². The SMILES string of the molecule is CN(C)Cc1cc(F)ccc1Cc1cnc2c(O)c(C(=O)NCCO)c(=O)n(C)c2c1. The van der Waals surface area contributed by atoms with E-state index in [9.17, 15) is 19.1 Å². The number of nitrogens with one attached hydrogen (secondary N) is 1. The van der Waals surface area contributed by atoms with Crippen molar-refractivity contribution in [3.63, 3.8) is 0 Å². The number of fused-ring (bicyclic) bond motifs is 1. The second-order valence-corrected chi connectivity index (χ2v) is 7.61. The van der Waals surface area contributed by atoms with Gasteiger partial charge in [-0.05, 0) is 55.4 Å². The molecule has 0 atom stereocenters. The zero-order valence-corrected chi connectivity index (χ0v) is 17.6. The molecule has 0 saturated heterocycles. The lowest BCUT2D eigenvalue weighted by Crippen LogP contribution is -2.34. The monoisotopic (exact) mass is 428 g/mol. The third-order valence-corrected chi connectivity index (χ3v) is 4.94. The van der Waals surface area contributed by atoms with Crippen LogP contribution in [0.15, 0.2) is 35.3 Å². The minimum Gasteiger partial charge on any atom is -0.505 e. The van der Waals surface area contributed by atoms with Crippen LogP contribution in [0.2, 0.25) is 0 Å². The van der Waals surface area contributed by atoms with E-state index in [0.29, 0.717) is 18.5 Å². The zero-order valence-electron chi connectivity index (χ0n) is 17.6. The molecule has 1 amide bonds. The summed E-state index contributed by atoms with van der Waals surface area (Å²) < 4.78 is 15.0. The first-order valence-electron chi connectivity index (χ1n) is 9.74. The number of amides is 1. The number of aliphatic hydroxyl groups excluding tert-OH is 1. The van der Waals surface area contributed by atoms with Crippen molar-refractivity contribution >= 4 is 16.9 Å². The van der Waals surface area contributed by atoms with Crippen LogP contribution in [0.5, 0.6) is 5.75 Å². The fraction of sp³-hybridized carbons (Fsp3) is 0.318. The van der Waals surface area contributed by atoms with E-state index in [1.807, 2.05) is 19.0 Å². The van der Waals surface area contributed by atoms with Crippen LogP contribution in [-0.2, 0) is 20.0 Å². The number of hydrogen-bond donors (Lipinski definition) is 3. The largest absolute Gasteiger partial charge is 0.505 e. The fourth-order valence-corrected chi connectivity index (χ4v) is 3.46. The average Bonchev–Trinajstić information content (AvgIpc) is 2.72. The van der Waals surface area contributed by atoms with Crippen molar-refractivity contribution < 1.29 is 19.4 Å². The number of nitrogens with zero attached hydrogens (tertiary/aromatic N) is 3. The summed E-state index contributed by atoms with van der Waals surface area (Å²) in [5, 5.41) is 21.8. The van der Waals surface area contributed by atoms with E-state index in [2.05, 4.69) is 10.3 Å². The maximum Gasteiger partial charge on any atom is 0.267 e. The summed E-state index contributed by atoms with van der Waals surface area (Å²) in [5.74, 6) is -1.59. The molecule has 0 aliphatic heterocycles. The van der Waals surface area contributed by atoms with Crippen LogP contribution in [0, 0.1) is 5.82 Å². The molecule has 8 nitrogen and oxygen atoms in total. The van der Waals surface area contributed by atoms with Gasteiger partial charge in [0.2, 0.25) is 0 Å². The highest BCUT2D eigenvalue weighted by molar-refractivity contribution is 6.01. The fourth-order valence-electron chi connectivity index (χ4n) is 3.46. The standard InChI is InChI=1S/C22H25FN4O4/c1-26(2)12-15-10-16(23)5-4-14(15)8-13-9-17-19(25-11-13)20(29)18(22(31)27(17)3)21(30)24-6-7-28/h4-5,9-11,28-29H,6-8,12H2,1-3H3,(H,24,30). The second kappa shape index (κ2) is 9.23. The Balaban J connectivity index is 2.04. The zero-order chi connectivity index (χ0) is 22.7. The number of aliphatic hydroxyl groups is 1. The number of hydrogen-bond acceptors (Lipinski definition) is 6. The molecule has 3 rings (SSSR count). The highest BCUT2D eigenvalue weighted by Crippen LogP contribution is 2.26. The highest BCUT2D eigenvalue weighted by Gasteiger charge is 2.22. The highest BCUT2D eigenvalue weighted by atomic mass is 19.1. The lowest BCUT2D eigenvalue weighted by molar-refractivity contribution is 0.0940. The van der Waals surface area contributed by atoms with Crippen molar-refractivity contribution in [3.8, 4) is 5.75 Å². The number of halogens is 1. The Labute approximate surface area is 178 Å². The molecule has 2 heterocycles. The first-order valence-corrected chi connectivity index (χ1v) is 9.74. The number of benzene rings is 1. The number of rotatable bonds is 7. The van der Waals surface area contributed by atoms with E-state index in [1.54, 1.807) is 18.3 Å². The maximum atomic E-state index is 13.7. The van der Waals surface area contributed by atoms with Crippen molar-refractivity contribution in [1.29, 1.82) is 0 Å². The normalized spacial score (nSPS) is 11.3. The molecule has 0 fully saturated rings. The molecule has 0 aliphatic rings. The van der Waals surface area contributed by atoms with Crippen molar-refractivity contribution in [2.24, 2.45) is 7.05 Å². The van der Waals surface area contributed by atoms with Gasteiger partial charge in [-0.3, -0.25) is 14.6 Å². The molecule has 0 spiro atoms. The minimum atomic E-state index is -0.778. The minimum absolute atomic E-state index is 0.0429. The van der Waals surface area contributed by atoms with E-state index >= 15 is 0 Å². The summed E-state index contributed by atoms with van der Waals surface area (Å²) in [6, 6.07) is 6.36. The molecule has 9 heteroatoms. The van der Waals surface area contributed by atoms with E-state index in [0.717, 1.165) is 16.7 Å². The average molecular weight is 428 g/mol. The Kier molecular flexibility index (Phi) is 6.67. The van der Waals surface area contributed by atoms with Crippen LogP contribution in [0.25, 0.3) is 11.0 Å². The molecular weight excluding hydrogens is 403 g/mol. The van der Waals surface area contributed by atoms with Crippen molar-refractivity contribution in [3.05, 3.63) is 68.9 Å². The lowest BCUT2D eigenvalue weighted by atomic mass is 9.99. The maximum absolute atomic E-state index is 13.7. The number of pyridine rings is 2. The summed E-state index contributed by atoms with van der Waals surface area (Å²) in [4.78, 5) is 31.2. The third kappa shape index (κ3) is 4.73. The van der Waals surface area contributed by atoms with Gasteiger partial charge in [-0.2, -0.15) is 0 Å². The van der Waals surface area contributed by atoms with Gasteiger partial charge in [0.15, 0.2) is 5.75 Å². The van der Waals surface area contributed by atoms with Crippen molar-refractivity contribution in [2.75, 3.05) is 27.2 Å². The molecule has 164 valence electrons. The van der Waals surface area contributed by atoms with E-state index < -0.39 is 22.8 Å². The second-order valence-electron chi connectivity index (χ2n) is 7.61.